The van der Waals surface area contributed by atoms with Gasteiger partial charge in [0.1, 0.15) is 5.37 Å². The molecule has 0 radical (unpaired) electrons. The highest BCUT2D eigenvalue weighted by Gasteiger charge is 2.29. The quantitative estimate of drug-likeness (QED) is 0.711. The molecule has 1 fully saturated rings. The Bertz CT molecular complexity index is 945. The molecule has 3 heterocycles. The van der Waals surface area contributed by atoms with E-state index in [2.05, 4.69) is 38.6 Å². The predicted octanol–water partition coefficient (Wildman–Crippen LogP) is 2.74. The lowest BCUT2D eigenvalue weighted by molar-refractivity contribution is 0.290. The normalized spacial score (nSPS) is 20.1. The van der Waals surface area contributed by atoms with E-state index in [-0.39, 0.29) is 11.4 Å². The number of amidine groups is 1. The summed E-state index contributed by atoms with van der Waals surface area (Å²) in [5.41, 5.74) is 11.5. The molecule has 0 saturated carbocycles. The predicted molar refractivity (Wildman–Crippen MR) is 111 cm³/mol. The highest BCUT2D eigenvalue weighted by Crippen LogP contribution is 2.37. The largest absolute Gasteiger partial charge is 0.328 e. The molecule has 2 atom stereocenters. The Morgan fingerprint density at radius 3 is 2.96 bits per heavy atom. The van der Waals surface area contributed by atoms with Gasteiger partial charge >= 0.3 is 0 Å². The third-order valence-electron chi connectivity index (χ3n) is 4.54. The molecule has 27 heavy (non-hydrogen) atoms. The van der Waals surface area contributed by atoms with Crippen molar-refractivity contribution >= 4 is 27.7 Å². The molecule has 3 aromatic rings. The number of benzene rings is 1. The van der Waals surface area contributed by atoms with Crippen LogP contribution in [-0.2, 0) is 6.42 Å². The number of hydrogen-bond acceptors (Lipinski definition) is 6. The fourth-order valence-corrected chi connectivity index (χ4v) is 4.25. The Morgan fingerprint density at radius 1 is 1.22 bits per heavy atom. The second-order valence-electron chi connectivity index (χ2n) is 6.52. The molecule has 0 amide bonds. The number of hydrazine groups is 1. The van der Waals surface area contributed by atoms with Crippen molar-refractivity contribution in [3.05, 3.63) is 72.3 Å². The molecule has 2 aromatic heterocycles. The molecule has 1 aromatic carbocycles. The third-order valence-corrected chi connectivity index (χ3v) is 5.77. The van der Waals surface area contributed by atoms with E-state index in [4.69, 9.17) is 10.7 Å². The van der Waals surface area contributed by atoms with Gasteiger partial charge in [-0.25, -0.2) is 5.01 Å². The first-order chi connectivity index (χ1) is 13.2. The highest BCUT2D eigenvalue weighted by atomic mass is 32.2. The molecule has 1 saturated heterocycles. The average Bonchev–Trinajstić information content (AvgIpc) is 3.08. The van der Waals surface area contributed by atoms with Gasteiger partial charge in [-0.15, -0.1) is 0 Å². The second kappa shape index (κ2) is 8.04. The van der Waals surface area contributed by atoms with Crippen molar-refractivity contribution in [2.75, 3.05) is 13.6 Å². The Kier molecular flexibility index (Phi) is 5.33. The van der Waals surface area contributed by atoms with Crippen molar-refractivity contribution < 1.29 is 0 Å². The van der Waals surface area contributed by atoms with Gasteiger partial charge in [-0.3, -0.25) is 20.4 Å². The molecule has 3 N–H and O–H groups in total. The van der Waals surface area contributed by atoms with Crippen LogP contribution in [0.2, 0.25) is 0 Å². The van der Waals surface area contributed by atoms with Gasteiger partial charge < -0.3 is 5.73 Å². The maximum absolute atomic E-state index is 5.95. The Balaban J connectivity index is 1.51. The number of thioether (sulfide) groups is 1. The van der Waals surface area contributed by atoms with E-state index in [1.165, 1.54) is 10.9 Å². The van der Waals surface area contributed by atoms with E-state index < -0.39 is 0 Å². The van der Waals surface area contributed by atoms with Crippen LogP contribution in [0.3, 0.4) is 0 Å². The van der Waals surface area contributed by atoms with Crippen molar-refractivity contribution in [1.82, 2.24) is 20.4 Å². The zero-order chi connectivity index (χ0) is 18.6. The van der Waals surface area contributed by atoms with Crippen LogP contribution in [0.1, 0.15) is 16.6 Å². The number of nitrogens with two attached hydrogens (primary N) is 1. The van der Waals surface area contributed by atoms with Crippen molar-refractivity contribution in [3.8, 4) is 0 Å². The summed E-state index contributed by atoms with van der Waals surface area (Å²) < 4.78 is 0. The molecular formula is C20H22N6S. The minimum Gasteiger partial charge on any atom is -0.328 e. The molecule has 1 aliphatic heterocycles. The zero-order valence-corrected chi connectivity index (χ0v) is 15.9. The van der Waals surface area contributed by atoms with Gasteiger partial charge in [-0.2, -0.15) is 0 Å². The highest BCUT2D eigenvalue weighted by molar-refractivity contribution is 8.14. The number of pyridine rings is 2. The molecule has 1 aliphatic rings. The van der Waals surface area contributed by atoms with E-state index in [9.17, 15) is 0 Å². The summed E-state index contributed by atoms with van der Waals surface area (Å²) in [7, 11) is 2.03. The number of nitrogens with one attached hydrogen (secondary N) is 1. The maximum Gasteiger partial charge on any atom is 0.173 e. The number of aromatic nitrogens is 2. The van der Waals surface area contributed by atoms with Gasteiger partial charge in [-0.05, 0) is 35.2 Å². The SMILES string of the molecule is CN1NC(=N[C@@H](CN)Cc2ccccn2)SC1c1ccc2cnccc2c1. The van der Waals surface area contributed by atoms with Gasteiger partial charge in [0.05, 0.1) is 6.04 Å². The van der Waals surface area contributed by atoms with E-state index in [1.807, 2.05) is 43.7 Å². The van der Waals surface area contributed by atoms with Crippen LogP contribution in [0.5, 0.6) is 0 Å². The fourth-order valence-electron chi connectivity index (χ4n) is 3.13. The minimum atomic E-state index is 0.00438. The van der Waals surface area contributed by atoms with Gasteiger partial charge in [0.15, 0.2) is 5.17 Å². The average molecular weight is 379 g/mol. The lowest BCUT2D eigenvalue weighted by Gasteiger charge is -2.17. The Morgan fingerprint density at radius 2 is 2.15 bits per heavy atom. The van der Waals surface area contributed by atoms with Crippen molar-refractivity contribution in [1.29, 1.82) is 0 Å². The lowest BCUT2D eigenvalue weighted by atomic mass is 10.1. The number of nitrogens with zero attached hydrogens (tertiary/aromatic N) is 4. The fraction of sp³-hybridized carbons (Fsp3) is 0.250. The molecule has 138 valence electrons. The zero-order valence-electron chi connectivity index (χ0n) is 15.1. The summed E-state index contributed by atoms with van der Waals surface area (Å²) >= 11 is 1.71. The first-order valence-corrected chi connectivity index (χ1v) is 9.78. The second-order valence-corrected chi connectivity index (χ2v) is 7.59. The monoisotopic (exact) mass is 378 g/mol. The number of aliphatic imine (C=N–C) groups is 1. The Hall–Kier alpha value is -2.48. The van der Waals surface area contributed by atoms with E-state index in [0.29, 0.717) is 6.54 Å². The summed E-state index contributed by atoms with van der Waals surface area (Å²) in [6.45, 7) is 0.486. The molecular weight excluding hydrogens is 356 g/mol. The number of hydrogen-bond donors (Lipinski definition) is 2. The molecule has 4 rings (SSSR count). The number of rotatable bonds is 5. The van der Waals surface area contributed by atoms with E-state index in [0.717, 1.165) is 22.7 Å². The lowest BCUT2D eigenvalue weighted by Crippen LogP contribution is -2.32. The summed E-state index contributed by atoms with van der Waals surface area (Å²) in [5, 5.41) is 5.47. The first-order valence-electron chi connectivity index (χ1n) is 8.90. The van der Waals surface area contributed by atoms with Crippen LogP contribution in [-0.4, -0.2) is 39.8 Å². The van der Waals surface area contributed by atoms with Crippen LogP contribution >= 0.6 is 11.8 Å². The first kappa shape index (κ1) is 17.9. The smallest absolute Gasteiger partial charge is 0.173 e. The van der Waals surface area contributed by atoms with Crippen molar-refractivity contribution in [3.63, 3.8) is 0 Å². The molecule has 7 heteroatoms. The summed E-state index contributed by atoms with van der Waals surface area (Å²) in [4.78, 5) is 13.4. The van der Waals surface area contributed by atoms with Crippen LogP contribution < -0.4 is 11.2 Å². The van der Waals surface area contributed by atoms with Crippen molar-refractivity contribution in [2.24, 2.45) is 10.7 Å². The summed E-state index contributed by atoms with van der Waals surface area (Å²) in [5.74, 6) is 0. The Labute approximate surface area is 162 Å². The third kappa shape index (κ3) is 4.10. The topological polar surface area (TPSA) is 79.4 Å². The minimum absolute atomic E-state index is 0.00438. The summed E-state index contributed by atoms with van der Waals surface area (Å²) in [6.07, 6.45) is 6.25. The van der Waals surface area contributed by atoms with Crippen LogP contribution in [0.4, 0.5) is 0 Å². The van der Waals surface area contributed by atoms with Gasteiger partial charge in [0, 0.05) is 49.7 Å². The molecule has 0 aliphatic carbocycles. The van der Waals surface area contributed by atoms with Crippen LogP contribution in [0.15, 0.2) is 66.0 Å². The molecule has 6 nitrogen and oxygen atoms in total. The van der Waals surface area contributed by atoms with E-state index >= 15 is 0 Å². The number of fused-ring (bicyclic) bond motifs is 1. The van der Waals surface area contributed by atoms with Crippen LogP contribution in [0, 0.1) is 0 Å². The summed E-state index contributed by atoms with van der Waals surface area (Å²) in [6, 6.07) is 14.4. The standard InChI is InChI=1S/C20H22N6S/c1-26-19(15-5-6-16-13-22-9-7-14(16)10-15)27-20(25-26)24-18(12-21)11-17-4-2-3-8-23-17/h2-10,13,18-19H,11-12,21H2,1H3,(H,24,25)/t18-,19?/m1/s1. The molecule has 0 spiro atoms. The van der Waals surface area contributed by atoms with E-state index in [1.54, 1.807) is 18.0 Å². The van der Waals surface area contributed by atoms with Gasteiger partial charge in [-0.1, -0.05) is 30.0 Å². The maximum atomic E-state index is 5.95. The molecule has 1 unspecified atom stereocenters. The van der Waals surface area contributed by atoms with Gasteiger partial charge in [0.2, 0.25) is 0 Å². The molecule has 0 bridgehead atoms. The van der Waals surface area contributed by atoms with Gasteiger partial charge in [0.25, 0.3) is 0 Å². The van der Waals surface area contributed by atoms with Crippen LogP contribution in [0.25, 0.3) is 10.8 Å². The van der Waals surface area contributed by atoms with Crippen molar-refractivity contribution in [2.45, 2.75) is 17.8 Å².